The molecule has 38 heavy (non-hydrogen) atoms. The van der Waals surface area contributed by atoms with Gasteiger partial charge in [-0.05, 0) is 59.6 Å². The van der Waals surface area contributed by atoms with Crippen LogP contribution in [0.1, 0.15) is 44.5 Å². The van der Waals surface area contributed by atoms with Gasteiger partial charge in [0, 0.05) is 33.0 Å². The molecular weight excluding hydrogens is 520 g/mol. The number of aromatic hydroxyl groups is 2. The van der Waals surface area contributed by atoms with E-state index in [1.54, 1.807) is 34.8 Å². The zero-order valence-corrected chi connectivity index (χ0v) is 22.1. The van der Waals surface area contributed by atoms with Gasteiger partial charge in [-0.1, -0.05) is 34.6 Å². The van der Waals surface area contributed by atoms with Crippen LogP contribution < -0.4 is 10.6 Å². The van der Waals surface area contributed by atoms with Gasteiger partial charge in [0.2, 0.25) is 0 Å². The third kappa shape index (κ3) is 4.48. The summed E-state index contributed by atoms with van der Waals surface area (Å²) in [5, 5.41) is 43.1. The molecule has 0 radical (unpaired) electrons. The van der Waals surface area contributed by atoms with Crippen molar-refractivity contribution in [3.8, 4) is 11.5 Å². The lowest BCUT2D eigenvalue weighted by atomic mass is 9.90. The normalized spacial score (nSPS) is 13.0. The minimum absolute atomic E-state index is 0.132. The van der Waals surface area contributed by atoms with Crippen molar-refractivity contribution in [1.82, 2.24) is 10.3 Å². The molecule has 0 amide bonds. The highest BCUT2D eigenvalue weighted by Crippen LogP contribution is 2.45. The van der Waals surface area contributed by atoms with Crippen LogP contribution >= 0.6 is 22.7 Å². The van der Waals surface area contributed by atoms with Gasteiger partial charge < -0.3 is 29.9 Å². The van der Waals surface area contributed by atoms with E-state index < -0.39 is 12.1 Å². The Morgan fingerprint density at radius 1 is 0.684 bits per heavy atom. The van der Waals surface area contributed by atoms with Crippen LogP contribution in [0.25, 0.3) is 10.8 Å². The zero-order valence-electron chi connectivity index (χ0n) is 20.5. The SMILES string of the molecule is Cc1cc(N[C@H](c2cccs2)c2c(O)ccc3c([C@H](Nc4cc(C)on4)c4cccs4)c(O)ccc23)no1. The van der Waals surface area contributed by atoms with E-state index in [2.05, 4.69) is 20.9 Å². The van der Waals surface area contributed by atoms with Gasteiger partial charge in [0.1, 0.15) is 23.0 Å². The number of phenolic OH excluding ortho intramolecular Hbond substituents is 2. The van der Waals surface area contributed by atoms with E-state index in [-0.39, 0.29) is 11.5 Å². The van der Waals surface area contributed by atoms with Crippen molar-refractivity contribution < 1.29 is 19.3 Å². The van der Waals surface area contributed by atoms with Crippen LogP contribution in [0.2, 0.25) is 0 Å². The summed E-state index contributed by atoms with van der Waals surface area (Å²) >= 11 is 3.15. The van der Waals surface area contributed by atoms with Gasteiger partial charge in [0.05, 0.1) is 12.1 Å². The Bertz CT molecular complexity index is 1560. The second-order valence-electron chi connectivity index (χ2n) is 8.92. The molecule has 4 aromatic heterocycles. The number of hydrogen-bond acceptors (Lipinski definition) is 10. The Balaban J connectivity index is 1.54. The smallest absolute Gasteiger partial charge is 0.170 e. The number of anilines is 2. The van der Waals surface area contributed by atoms with E-state index in [4.69, 9.17) is 9.05 Å². The molecule has 0 aliphatic carbocycles. The number of benzene rings is 2. The Morgan fingerprint density at radius 3 is 1.47 bits per heavy atom. The van der Waals surface area contributed by atoms with E-state index in [0.717, 1.165) is 20.5 Å². The Labute approximate surface area is 226 Å². The van der Waals surface area contributed by atoms with Crippen molar-refractivity contribution in [1.29, 1.82) is 0 Å². The maximum absolute atomic E-state index is 11.2. The Hall–Kier alpha value is -4.28. The summed E-state index contributed by atoms with van der Waals surface area (Å²) in [6.45, 7) is 3.66. The molecule has 10 heteroatoms. The van der Waals surface area contributed by atoms with Gasteiger partial charge >= 0.3 is 0 Å². The molecule has 0 aliphatic rings. The number of aromatic nitrogens is 2. The molecule has 0 fully saturated rings. The van der Waals surface area contributed by atoms with Crippen LogP contribution in [-0.4, -0.2) is 20.5 Å². The fourth-order valence-electron chi connectivity index (χ4n) is 4.68. The van der Waals surface area contributed by atoms with E-state index in [1.165, 1.54) is 0 Å². The van der Waals surface area contributed by atoms with Gasteiger partial charge in [-0.25, -0.2) is 0 Å². The highest BCUT2D eigenvalue weighted by atomic mass is 32.1. The number of nitrogens with one attached hydrogen (secondary N) is 2. The third-order valence-corrected chi connectivity index (χ3v) is 8.19. The first-order valence-corrected chi connectivity index (χ1v) is 13.7. The second-order valence-corrected chi connectivity index (χ2v) is 10.9. The number of rotatable bonds is 8. The van der Waals surface area contributed by atoms with Crippen molar-refractivity contribution in [3.05, 3.63) is 104 Å². The molecule has 8 nitrogen and oxygen atoms in total. The number of nitrogens with zero attached hydrogens (tertiary/aromatic N) is 2. The van der Waals surface area contributed by atoms with Crippen molar-refractivity contribution in [2.24, 2.45) is 0 Å². The van der Waals surface area contributed by atoms with E-state index in [9.17, 15) is 10.2 Å². The monoisotopic (exact) mass is 544 g/mol. The molecule has 0 saturated carbocycles. The summed E-state index contributed by atoms with van der Waals surface area (Å²) in [6.07, 6.45) is 0. The first kappa shape index (κ1) is 24.1. The minimum atomic E-state index is -0.410. The Morgan fingerprint density at radius 2 is 1.13 bits per heavy atom. The molecule has 0 saturated heterocycles. The second kappa shape index (κ2) is 9.88. The maximum Gasteiger partial charge on any atom is 0.170 e. The Kier molecular flexibility index (Phi) is 6.26. The van der Waals surface area contributed by atoms with Crippen LogP contribution in [0, 0.1) is 13.8 Å². The van der Waals surface area contributed by atoms with Crippen LogP contribution in [0.15, 0.2) is 80.5 Å². The molecule has 0 unspecified atom stereocenters. The maximum atomic E-state index is 11.2. The van der Waals surface area contributed by atoms with Crippen molar-refractivity contribution >= 4 is 45.1 Å². The molecule has 2 aromatic carbocycles. The first-order chi connectivity index (χ1) is 18.5. The molecule has 0 bridgehead atoms. The average molecular weight is 545 g/mol. The summed E-state index contributed by atoms with van der Waals surface area (Å²) < 4.78 is 10.6. The summed E-state index contributed by atoms with van der Waals surface area (Å²) in [7, 11) is 0. The quantitative estimate of drug-likeness (QED) is 0.157. The topological polar surface area (TPSA) is 117 Å². The molecule has 2 atom stereocenters. The molecule has 0 spiro atoms. The minimum Gasteiger partial charge on any atom is -0.508 e. The molecule has 6 rings (SSSR count). The van der Waals surface area contributed by atoms with Crippen LogP contribution in [0.3, 0.4) is 0 Å². The number of hydrogen-bond donors (Lipinski definition) is 4. The summed E-state index contributed by atoms with van der Waals surface area (Å²) in [5.41, 5.74) is 1.35. The van der Waals surface area contributed by atoms with Gasteiger partial charge in [-0.3, -0.25) is 0 Å². The van der Waals surface area contributed by atoms with Crippen molar-refractivity contribution in [2.45, 2.75) is 25.9 Å². The summed E-state index contributed by atoms with van der Waals surface area (Å²) in [5.74, 6) is 2.76. The summed E-state index contributed by atoms with van der Waals surface area (Å²) in [6, 6.07) is 17.8. The molecular formula is C28H24N4O4S2. The molecule has 6 aromatic rings. The number of phenols is 2. The predicted molar refractivity (Wildman–Crippen MR) is 149 cm³/mol. The molecule has 4 N–H and O–H groups in total. The van der Waals surface area contributed by atoms with E-state index in [1.807, 2.05) is 73.1 Å². The van der Waals surface area contributed by atoms with Crippen molar-refractivity contribution in [2.75, 3.05) is 10.6 Å². The third-order valence-electron chi connectivity index (χ3n) is 6.31. The fourth-order valence-corrected chi connectivity index (χ4v) is 6.25. The van der Waals surface area contributed by atoms with Gasteiger partial charge in [-0.2, -0.15) is 0 Å². The fraction of sp³-hybridized carbons (Fsp3) is 0.143. The van der Waals surface area contributed by atoms with E-state index in [0.29, 0.717) is 34.3 Å². The van der Waals surface area contributed by atoms with Crippen LogP contribution in [0.4, 0.5) is 11.6 Å². The van der Waals surface area contributed by atoms with Gasteiger partial charge in [0.25, 0.3) is 0 Å². The van der Waals surface area contributed by atoms with Crippen molar-refractivity contribution in [3.63, 3.8) is 0 Å². The predicted octanol–water partition coefficient (Wildman–Crippen LogP) is 7.37. The highest BCUT2D eigenvalue weighted by Gasteiger charge is 2.27. The molecule has 4 heterocycles. The number of aryl methyl sites for hydroxylation is 2. The average Bonchev–Trinajstić information content (AvgIpc) is 3.71. The lowest BCUT2D eigenvalue weighted by Crippen LogP contribution is -2.14. The largest absolute Gasteiger partial charge is 0.508 e. The highest BCUT2D eigenvalue weighted by molar-refractivity contribution is 7.10. The standard InChI is InChI=1S/C28H24N4O4S2/c1-15-13-23(31-35-15)29-27(21-5-3-11-37-21)25-17-7-10-20(34)26(18(17)8-9-19(25)33)28(22-6-4-12-38-22)30-24-14-16(2)36-32-24/h3-14,27-28,33-34H,1-2H3,(H,29,31)(H,30,32)/t27-,28-/m1/s1. The number of thiophene rings is 2. The summed E-state index contributed by atoms with van der Waals surface area (Å²) in [4.78, 5) is 1.99. The zero-order chi connectivity index (χ0) is 26.2. The molecule has 0 aliphatic heterocycles. The van der Waals surface area contributed by atoms with Gasteiger partial charge in [0.15, 0.2) is 11.6 Å². The lowest BCUT2D eigenvalue weighted by molar-refractivity contribution is 0.399. The van der Waals surface area contributed by atoms with Gasteiger partial charge in [-0.15, -0.1) is 22.7 Å². The van der Waals surface area contributed by atoms with E-state index >= 15 is 0 Å². The molecule has 192 valence electrons. The first-order valence-electron chi connectivity index (χ1n) is 11.9. The van der Waals surface area contributed by atoms with Crippen LogP contribution in [-0.2, 0) is 0 Å². The lowest BCUT2D eigenvalue weighted by Gasteiger charge is -2.24. The van der Waals surface area contributed by atoms with Crippen LogP contribution in [0.5, 0.6) is 11.5 Å². The number of fused-ring (bicyclic) bond motifs is 1.